The van der Waals surface area contributed by atoms with Crippen LogP contribution in [0.15, 0.2) is 16.9 Å². The van der Waals surface area contributed by atoms with Gasteiger partial charge in [0, 0.05) is 11.1 Å². The van der Waals surface area contributed by atoms with Crippen LogP contribution in [-0.2, 0) is 6.54 Å². The Morgan fingerprint density at radius 3 is 2.73 bits per heavy atom. The minimum Gasteiger partial charge on any atom is -0.358 e. The highest BCUT2D eigenvalue weighted by atomic mass is 16.1. The summed E-state index contributed by atoms with van der Waals surface area (Å²) in [5.41, 5.74) is 5.54. The summed E-state index contributed by atoms with van der Waals surface area (Å²) >= 11 is 0. The molecule has 0 amide bonds. The molecule has 1 aliphatic rings. The van der Waals surface area contributed by atoms with Crippen LogP contribution in [0.4, 0.5) is 0 Å². The van der Waals surface area contributed by atoms with Gasteiger partial charge in [-0.3, -0.25) is 4.79 Å². The van der Waals surface area contributed by atoms with Gasteiger partial charge in [-0.2, -0.15) is 0 Å². The van der Waals surface area contributed by atoms with Gasteiger partial charge in [-0.15, -0.1) is 0 Å². The van der Waals surface area contributed by atoms with E-state index < -0.39 is 0 Å². The minimum absolute atomic E-state index is 0.225. The second-order valence-corrected chi connectivity index (χ2v) is 7.04. The molecule has 0 aliphatic carbocycles. The molecule has 0 spiro atoms. The monoisotopic (exact) mass is 299 g/mol. The number of pyridine rings is 1. The number of nitrogens with one attached hydrogen (secondary N) is 2. The van der Waals surface area contributed by atoms with E-state index >= 15 is 0 Å². The molecule has 22 heavy (non-hydrogen) atoms. The molecule has 118 valence electrons. The summed E-state index contributed by atoms with van der Waals surface area (Å²) in [6.45, 7) is 10.5. The number of hydrogen-bond acceptors (Lipinski definition) is 1. The van der Waals surface area contributed by atoms with Gasteiger partial charge in [-0.25, -0.2) is 0 Å². The fraction of sp³-hybridized carbons (Fsp3) is 0.526. The van der Waals surface area contributed by atoms with Crippen molar-refractivity contribution in [3.8, 4) is 0 Å². The highest BCUT2D eigenvalue weighted by Gasteiger charge is 2.24. The van der Waals surface area contributed by atoms with Gasteiger partial charge in [0.2, 0.25) is 0 Å². The Balaban J connectivity index is 2.08. The van der Waals surface area contributed by atoms with Gasteiger partial charge < -0.3 is 9.88 Å². The first kappa shape index (κ1) is 15.3. The topological polar surface area (TPSA) is 37.3 Å². The Hall–Kier alpha value is -1.61. The van der Waals surface area contributed by atoms with E-state index in [9.17, 15) is 4.79 Å². The van der Waals surface area contributed by atoms with Crippen LogP contribution >= 0.6 is 0 Å². The van der Waals surface area contributed by atoms with Crippen molar-refractivity contribution in [1.82, 2.24) is 4.98 Å². The van der Waals surface area contributed by atoms with Crippen LogP contribution in [0.1, 0.15) is 48.6 Å². The van der Waals surface area contributed by atoms with E-state index in [4.69, 9.17) is 0 Å². The van der Waals surface area contributed by atoms with Crippen LogP contribution in [0.5, 0.6) is 0 Å². The number of aryl methyl sites for hydroxylation is 3. The molecular formula is C19H27N2O+. The number of rotatable bonds is 2. The maximum atomic E-state index is 13.0. The van der Waals surface area contributed by atoms with Gasteiger partial charge in [0.1, 0.15) is 6.54 Å². The van der Waals surface area contributed by atoms with E-state index in [0.29, 0.717) is 6.04 Å². The number of H-pyrrole nitrogens is 1. The first-order chi connectivity index (χ1) is 10.5. The Bertz CT molecular complexity index is 760. The summed E-state index contributed by atoms with van der Waals surface area (Å²) in [4.78, 5) is 18.0. The van der Waals surface area contributed by atoms with E-state index in [1.807, 2.05) is 13.0 Å². The van der Waals surface area contributed by atoms with Gasteiger partial charge in [0.05, 0.1) is 23.7 Å². The molecule has 1 aromatic carbocycles. The molecule has 0 bridgehead atoms. The number of fused-ring (bicyclic) bond motifs is 1. The predicted molar refractivity (Wildman–Crippen MR) is 91.6 cm³/mol. The smallest absolute Gasteiger partial charge is 0.198 e. The number of aromatic nitrogens is 1. The molecule has 3 nitrogen and oxygen atoms in total. The summed E-state index contributed by atoms with van der Waals surface area (Å²) in [5.74, 6) is 0. The van der Waals surface area contributed by atoms with Crippen molar-refractivity contribution in [2.75, 3.05) is 6.54 Å². The number of hydrogen-bond donors (Lipinski definition) is 2. The molecule has 2 N–H and O–H groups in total. The quantitative estimate of drug-likeness (QED) is 0.878. The fourth-order valence-corrected chi connectivity index (χ4v) is 3.86. The summed E-state index contributed by atoms with van der Waals surface area (Å²) in [5, 5.41) is 0.849. The van der Waals surface area contributed by atoms with Crippen molar-refractivity contribution in [3.63, 3.8) is 0 Å². The number of piperidine rings is 1. The Morgan fingerprint density at radius 2 is 2.00 bits per heavy atom. The zero-order valence-electron chi connectivity index (χ0n) is 14.2. The van der Waals surface area contributed by atoms with Crippen LogP contribution in [0.3, 0.4) is 0 Å². The average Bonchev–Trinajstić information content (AvgIpc) is 2.47. The summed E-state index contributed by atoms with van der Waals surface area (Å²) in [7, 11) is 0. The van der Waals surface area contributed by atoms with Crippen molar-refractivity contribution >= 4 is 10.9 Å². The number of likely N-dealkylation sites (tertiary alicyclic amines) is 1. The second kappa shape index (κ2) is 5.88. The Labute approximate surface area is 132 Å². The third-order valence-corrected chi connectivity index (χ3v) is 5.25. The minimum atomic E-state index is 0.225. The van der Waals surface area contributed by atoms with Crippen molar-refractivity contribution < 1.29 is 4.90 Å². The summed E-state index contributed by atoms with van der Waals surface area (Å²) in [6.07, 6.45) is 3.89. The zero-order valence-corrected chi connectivity index (χ0v) is 14.2. The first-order valence-corrected chi connectivity index (χ1v) is 8.44. The van der Waals surface area contributed by atoms with Crippen molar-refractivity contribution in [3.05, 3.63) is 44.7 Å². The Morgan fingerprint density at radius 1 is 1.23 bits per heavy atom. The molecule has 3 rings (SSSR count). The van der Waals surface area contributed by atoms with Gasteiger partial charge >= 0.3 is 0 Å². The lowest BCUT2D eigenvalue weighted by Crippen LogP contribution is -3.15. The third kappa shape index (κ3) is 2.70. The Kier molecular flexibility index (Phi) is 4.09. The largest absolute Gasteiger partial charge is 0.358 e. The highest BCUT2D eigenvalue weighted by Crippen LogP contribution is 2.17. The van der Waals surface area contributed by atoms with Gasteiger partial charge in [-0.1, -0.05) is 6.07 Å². The molecule has 1 fully saturated rings. The third-order valence-electron chi connectivity index (χ3n) is 5.25. The predicted octanol–water partition coefficient (Wildman–Crippen LogP) is 2.41. The van der Waals surface area contributed by atoms with E-state index in [1.54, 1.807) is 4.90 Å². The van der Waals surface area contributed by atoms with Crippen molar-refractivity contribution in [2.24, 2.45) is 0 Å². The van der Waals surface area contributed by atoms with Gasteiger partial charge in [-0.05, 0) is 64.2 Å². The van der Waals surface area contributed by atoms with Crippen molar-refractivity contribution in [2.45, 2.75) is 59.5 Å². The maximum Gasteiger partial charge on any atom is 0.198 e. The zero-order chi connectivity index (χ0) is 15.9. The van der Waals surface area contributed by atoms with E-state index in [0.717, 1.165) is 39.8 Å². The lowest BCUT2D eigenvalue weighted by Gasteiger charge is -2.30. The molecule has 1 saturated heterocycles. The van der Waals surface area contributed by atoms with Crippen LogP contribution in [-0.4, -0.2) is 17.6 Å². The molecule has 1 aromatic heterocycles. The van der Waals surface area contributed by atoms with Gasteiger partial charge in [0.15, 0.2) is 5.43 Å². The van der Waals surface area contributed by atoms with Crippen LogP contribution in [0.25, 0.3) is 10.9 Å². The molecule has 2 heterocycles. The molecular weight excluding hydrogens is 272 g/mol. The molecule has 0 saturated carbocycles. The van der Waals surface area contributed by atoms with Crippen molar-refractivity contribution in [1.29, 1.82) is 0 Å². The second-order valence-electron chi connectivity index (χ2n) is 7.04. The highest BCUT2D eigenvalue weighted by molar-refractivity contribution is 5.83. The lowest BCUT2D eigenvalue weighted by atomic mass is 10.00. The lowest BCUT2D eigenvalue weighted by molar-refractivity contribution is -0.942. The first-order valence-electron chi connectivity index (χ1n) is 8.44. The van der Waals surface area contributed by atoms with E-state index in [-0.39, 0.29) is 5.43 Å². The SMILES string of the molecule is Cc1cc(C)c2[nH]c(C)c(C[NH+]3CCCC[C@H]3C)c(=O)c2c1. The molecule has 0 radical (unpaired) electrons. The standard InChI is InChI=1S/C19H26N2O/c1-12-9-13(2)18-16(10-12)19(22)17(15(4)20-18)11-21-8-6-5-7-14(21)3/h9-10,14H,5-8,11H2,1-4H3,(H,20,22)/p+1/t14-/m1/s1. The molecule has 1 unspecified atom stereocenters. The van der Waals surface area contributed by atoms with Crippen LogP contribution in [0.2, 0.25) is 0 Å². The summed E-state index contributed by atoms with van der Waals surface area (Å²) < 4.78 is 0. The molecule has 2 atom stereocenters. The molecule has 1 aliphatic heterocycles. The summed E-state index contributed by atoms with van der Waals surface area (Å²) in [6, 6.07) is 4.82. The average molecular weight is 299 g/mol. The fourth-order valence-electron chi connectivity index (χ4n) is 3.86. The molecule has 2 aromatic rings. The van der Waals surface area contributed by atoms with Gasteiger partial charge in [0.25, 0.3) is 0 Å². The van der Waals surface area contributed by atoms with Crippen LogP contribution in [0, 0.1) is 20.8 Å². The normalized spacial score (nSPS) is 22.2. The number of aromatic amines is 1. The van der Waals surface area contributed by atoms with E-state index in [1.165, 1.54) is 25.8 Å². The maximum absolute atomic E-state index is 13.0. The van der Waals surface area contributed by atoms with E-state index in [2.05, 4.69) is 31.8 Å². The number of benzene rings is 1. The van der Waals surface area contributed by atoms with Crippen LogP contribution < -0.4 is 10.3 Å². The molecule has 3 heteroatoms. The number of quaternary nitrogens is 1.